The summed E-state index contributed by atoms with van der Waals surface area (Å²) in [4.78, 5) is 0.327. The van der Waals surface area contributed by atoms with E-state index in [-0.39, 0.29) is 18.7 Å². The van der Waals surface area contributed by atoms with Gasteiger partial charge in [0.2, 0.25) is 10.0 Å². The fraction of sp³-hybridized carbons (Fsp3) is 0.733. The first-order valence-corrected chi connectivity index (χ1v) is 9.21. The van der Waals surface area contributed by atoms with Crippen molar-refractivity contribution in [1.29, 1.82) is 0 Å². The lowest BCUT2D eigenvalue weighted by atomic mass is 10.3. The molecule has 2 aliphatic rings. The largest absolute Gasteiger partial charge is 0.390 e. The Balaban J connectivity index is 1.92. The molecule has 1 aromatic heterocycles. The van der Waals surface area contributed by atoms with Gasteiger partial charge in [-0.05, 0) is 51.5 Å². The standard InChI is InChI=1S/C15H24N2O3S/c1-11(2)16-9-15(7-14(16)10-18)21(19,20)17(13-5-6-13)8-12-3-4-12/h7,9,11-13,18H,3-6,8,10H2,1-2H3. The molecular weight excluding hydrogens is 288 g/mol. The fourth-order valence-electron chi connectivity index (χ4n) is 2.74. The Bertz CT molecular complexity index is 613. The molecule has 6 heteroatoms. The first-order valence-electron chi connectivity index (χ1n) is 7.77. The van der Waals surface area contributed by atoms with Crippen LogP contribution in [0.3, 0.4) is 0 Å². The van der Waals surface area contributed by atoms with Crippen LogP contribution in [0.1, 0.15) is 51.3 Å². The van der Waals surface area contributed by atoms with Gasteiger partial charge in [0, 0.05) is 30.5 Å². The van der Waals surface area contributed by atoms with Crippen LogP contribution in [0.2, 0.25) is 0 Å². The lowest BCUT2D eigenvalue weighted by Gasteiger charge is -2.21. The smallest absolute Gasteiger partial charge is 0.244 e. The lowest BCUT2D eigenvalue weighted by Crippen LogP contribution is -2.34. The molecule has 5 nitrogen and oxygen atoms in total. The van der Waals surface area contributed by atoms with Crippen molar-refractivity contribution in [3.05, 3.63) is 18.0 Å². The highest BCUT2D eigenvalue weighted by Crippen LogP contribution is 2.38. The summed E-state index contributed by atoms with van der Waals surface area (Å²) in [5, 5.41) is 9.43. The van der Waals surface area contributed by atoms with E-state index in [0.29, 0.717) is 23.1 Å². The quantitative estimate of drug-likeness (QED) is 0.839. The molecule has 0 amide bonds. The summed E-state index contributed by atoms with van der Waals surface area (Å²) in [5.74, 6) is 0.546. The maximum absolute atomic E-state index is 12.9. The Hall–Kier alpha value is -0.850. The van der Waals surface area contributed by atoms with E-state index in [1.165, 1.54) is 0 Å². The number of aliphatic hydroxyl groups excluding tert-OH is 1. The van der Waals surface area contributed by atoms with E-state index in [1.54, 1.807) is 16.6 Å². The van der Waals surface area contributed by atoms with Gasteiger partial charge in [0.15, 0.2) is 0 Å². The van der Waals surface area contributed by atoms with E-state index in [4.69, 9.17) is 0 Å². The minimum atomic E-state index is -3.44. The van der Waals surface area contributed by atoms with Crippen molar-refractivity contribution in [2.24, 2.45) is 5.92 Å². The Morgan fingerprint density at radius 2 is 2.00 bits per heavy atom. The van der Waals surface area contributed by atoms with Crippen LogP contribution < -0.4 is 0 Å². The van der Waals surface area contributed by atoms with Crippen molar-refractivity contribution in [2.45, 2.75) is 63.1 Å². The summed E-state index contributed by atoms with van der Waals surface area (Å²) in [7, 11) is -3.44. The van der Waals surface area contributed by atoms with E-state index >= 15 is 0 Å². The van der Waals surface area contributed by atoms with Gasteiger partial charge in [-0.15, -0.1) is 0 Å². The van der Waals surface area contributed by atoms with Crippen molar-refractivity contribution in [3.63, 3.8) is 0 Å². The van der Waals surface area contributed by atoms with Gasteiger partial charge in [0.1, 0.15) is 4.90 Å². The topological polar surface area (TPSA) is 62.5 Å². The van der Waals surface area contributed by atoms with Crippen LogP contribution in [-0.4, -0.2) is 35.0 Å². The molecule has 3 rings (SSSR count). The molecule has 0 unspecified atom stereocenters. The summed E-state index contributed by atoms with van der Waals surface area (Å²) in [6, 6.07) is 1.95. The summed E-state index contributed by atoms with van der Waals surface area (Å²) in [6.45, 7) is 4.49. The number of rotatable bonds is 7. The molecule has 118 valence electrons. The lowest BCUT2D eigenvalue weighted by molar-refractivity contribution is 0.268. The SMILES string of the molecule is CC(C)n1cc(S(=O)(=O)N(CC2CC2)C2CC2)cc1CO. The highest BCUT2D eigenvalue weighted by molar-refractivity contribution is 7.89. The molecule has 0 atom stereocenters. The maximum atomic E-state index is 12.9. The Morgan fingerprint density at radius 1 is 1.33 bits per heavy atom. The van der Waals surface area contributed by atoms with Crippen LogP contribution in [0.4, 0.5) is 0 Å². The van der Waals surface area contributed by atoms with E-state index < -0.39 is 10.0 Å². The fourth-order valence-corrected chi connectivity index (χ4v) is 4.55. The van der Waals surface area contributed by atoms with Crippen LogP contribution in [-0.2, 0) is 16.6 Å². The number of nitrogens with zero attached hydrogens (tertiary/aromatic N) is 2. The van der Waals surface area contributed by atoms with Gasteiger partial charge >= 0.3 is 0 Å². The molecule has 1 aromatic rings. The van der Waals surface area contributed by atoms with Gasteiger partial charge in [0.05, 0.1) is 6.61 Å². The molecule has 0 aromatic carbocycles. The van der Waals surface area contributed by atoms with Crippen LogP contribution in [0.15, 0.2) is 17.2 Å². The Kier molecular flexibility index (Phi) is 3.88. The number of aliphatic hydroxyl groups is 1. The van der Waals surface area contributed by atoms with Gasteiger partial charge in [-0.25, -0.2) is 8.42 Å². The molecule has 2 fully saturated rings. The van der Waals surface area contributed by atoms with Crippen LogP contribution in [0, 0.1) is 5.92 Å². The predicted octanol–water partition coefficient (Wildman–Crippen LogP) is 2.12. The zero-order valence-corrected chi connectivity index (χ0v) is 13.5. The minimum Gasteiger partial charge on any atom is -0.390 e. The monoisotopic (exact) mass is 312 g/mol. The summed E-state index contributed by atoms with van der Waals surface area (Å²) < 4.78 is 29.4. The second-order valence-electron chi connectivity index (χ2n) is 6.58. The third-order valence-electron chi connectivity index (χ3n) is 4.32. The predicted molar refractivity (Wildman–Crippen MR) is 80.4 cm³/mol. The highest BCUT2D eigenvalue weighted by Gasteiger charge is 2.41. The molecule has 1 N–H and O–H groups in total. The summed E-state index contributed by atoms with van der Waals surface area (Å²) in [5.41, 5.74) is 0.658. The normalized spacial score (nSPS) is 19.7. The van der Waals surface area contributed by atoms with Crippen molar-refractivity contribution < 1.29 is 13.5 Å². The Morgan fingerprint density at radius 3 is 2.43 bits per heavy atom. The molecule has 2 saturated carbocycles. The van der Waals surface area contributed by atoms with Gasteiger partial charge in [-0.1, -0.05) is 0 Å². The summed E-state index contributed by atoms with van der Waals surface area (Å²) >= 11 is 0. The third-order valence-corrected chi connectivity index (χ3v) is 6.20. The molecule has 0 aliphatic heterocycles. The highest BCUT2D eigenvalue weighted by atomic mass is 32.2. The molecule has 21 heavy (non-hydrogen) atoms. The molecule has 0 radical (unpaired) electrons. The van der Waals surface area contributed by atoms with Crippen molar-refractivity contribution in [3.8, 4) is 0 Å². The second-order valence-corrected chi connectivity index (χ2v) is 8.47. The van der Waals surface area contributed by atoms with Gasteiger partial charge in [0.25, 0.3) is 0 Å². The van der Waals surface area contributed by atoms with Gasteiger partial charge < -0.3 is 9.67 Å². The van der Waals surface area contributed by atoms with E-state index in [9.17, 15) is 13.5 Å². The molecule has 0 saturated heterocycles. The number of hydrogen-bond donors (Lipinski definition) is 1. The van der Waals surface area contributed by atoms with E-state index in [2.05, 4.69) is 0 Å². The minimum absolute atomic E-state index is 0.133. The average Bonchev–Trinajstić information content (AvgIpc) is 3.33. The number of aromatic nitrogens is 1. The first kappa shape index (κ1) is 15.1. The zero-order chi connectivity index (χ0) is 15.2. The third kappa shape index (κ3) is 3.03. The Labute approximate surface area is 126 Å². The number of sulfonamides is 1. The van der Waals surface area contributed by atoms with Gasteiger partial charge in [-0.3, -0.25) is 0 Å². The van der Waals surface area contributed by atoms with Gasteiger partial charge in [-0.2, -0.15) is 4.31 Å². The zero-order valence-electron chi connectivity index (χ0n) is 12.7. The van der Waals surface area contributed by atoms with Crippen molar-refractivity contribution in [1.82, 2.24) is 8.87 Å². The van der Waals surface area contributed by atoms with E-state index in [1.807, 2.05) is 18.4 Å². The van der Waals surface area contributed by atoms with Crippen molar-refractivity contribution in [2.75, 3.05) is 6.54 Å². The number of hydrogen-bond acceptors (Lipinski definition) is 3. The maximum Gasteiger partial charge on any atom is 0.244 e. The van der Waals surface area contributed by atoms with Crippen LogP contribution in [0.5, 0.6) is 0 Å². The van der Waals surface area contributed by atoms with Crippen LogP contribution >= 0.6 is 0 Å². The molecule has 0 spiro atoms. The molecule has 1 heterocycles. The second kappa shape index (κ2) is 5.41. The molecule has 2 aliphatic carbocycles. The van der Waals surface area contributed by atoms with Crippen LogP contribution in [0.25, 0.3) is 0 Å². The average molecular weight is 312 g/mol. The molecular formula is C15H24N2O3S. The molecule has 0 bridgehead atoms. The van der Waals surface area contributed by atoms with E-state index in [0.717, 1.165) is 25.7 Å². The first-order chi connectivity index (χ1) is 9.93. The summed E-state index contributed by atoms with van der Waals surface area (Å²) in [6.07, 6.45) is 5.92. The van der Waals surface area contributed by atoms with Crippen molar-refractivity contribution >= 4 is 10.0 Å².